The van der Waals surface area contributed by atoms with Crippen LogP contribution in [0.2, 0.25) is 0 Å². The Kier molecular flexibility index (Phi) is 6.37. The van der Waals surface area contributed by atoms with E-state index in [0.717, 1.165) is 0 Å². The van der Waals surface area contributed by atoms with Gasteiger partial charge in [0.15, 0.2) is 0 Å². The van der Waals surface area contributed by atoms with E-state index in [9.17, 15) is 9.59 Å². The number of benzene rings is 1. The number of carboxylic acids is 1. The lowest BCUT2D eigenvalue weighted by atomic mass is 9.80. The molecule has 0 aliphatic carbocycles. The third-order valence-electron chi connectivity index (χ3n) is 4.06. The quantitative estimate of drug-likeness (QED) is 0.769. The second-order valence-corrected chi connectivity index (χ2v) is 5.13. The minimum Gasteiger partial charge on any atom is -0.481 e. The molecule has 0 aliphatic rings. The Morgan fingerprint density at radius 2 is 1.76 bits per heavy atom. The van der Waals surface area contributed by atoms with Gasteiger partial charge in [-0.15, -0.1) is 0 Å². The zero-order valence-electron chi connectivity index (χ0n) is 12.7. The molecule has 5 nitrogen and oxygen atoms in total. The number of amides is 1. The first-order valence-corrected chi connectivity index (χ1v) is 7.29. The number of carboxylic acid groups (broad SMARTS) is 1. The SMILES string of the molecule is CCC(CC)(CN)C(=O)N(CCC(=O)O)c1ccccc1. The van der Waals surface area contributed by atoms with Crippen molar-refractivity contribution >= 4 is 17.6 Å². The molecule has 1 aromatic rings. The van der Waals surface area contributed by atoms with Gasteiger partial charge in [0.2, 0.25) is 5.91 Å². The second kappa shape index (κ2) is 7.78. The summed E-state index contributed by atoms with van der Waals surface area (Å²) in [5.41, 5.74) is 5.92. The predicted molar refractivity (Wildman–Crippen MR) is 83.1 cm³/mol. The third-order valence-corrected chi connectivity index (χ3v) is 4.06. The van der Waals surface area contributed by atoms with Gasteiger partial charge in [-0.05, 0) is 25.0 Å². The van der Waals surface area contributed by atoms with Crippen molar-refractivity contribution < 1.29 is 14.7 Å². The molecule has 0 aromatic heterocycles. The second-order valence-electron chi connectivity index (χ2n) is 5.13. The molecule has 21 heavy (non-hydrogen) atoms. The normalized spacial score (nSPS) is 11.2. The molecule has 0 fully saturated rings. The van der Waals surface area contributed by atoms with Crippen molar-refractivity contribution in [2.24, 2.45) is 11.1 Å². The molecule has 5 heteroatoms. The summed E-state index contributed by atoms with van der Waals surface area (Å²) in [6.45, 7) is 4.29. The average molecular weight is 292 g/mol. The van der Waals surface area contributed by atoms with E-state index in [0.29, 0.717) is 18.5 Å². The van der Waals surface area contributed by atoms with Crippen LogP contribution < -0.4 is 10.6 Å². The van der Waals surface area contributed by atoms with Crippen LogP contribution in [-0.2, 0) is 9.59 Å². The van der Waals surface area contributed by atoms with Gasteiger partial charge < -0.3 is 15.7 Å². The molecule has 0 aliphatic heterocycles. The van der Waals surface area contributed by atoms with Gasteiger partial charge in [-0.3, -0.25) is 9.59 Å². The molecule has 116 valence electrons. The van der Waals surface area contributed by atoms with E-state index in [1.165, 1.54) is 0 Å². The molecular weight excluding hydrogens is 268 g/mol. The molecule has 1 rings (SSSR count). The Hall–Kier alpha value is -1.88. The summed E-state index contributed by atoms with van der Waals surface area (Å²) >= 11 is 0. The molecule has 0 saturated heterocycles. The maximum absolute atomic E-state index is 12.9. The Morgan fingerprint density at radius 3 is 2.19 bits per heavy atom. The number of nitrogens with zero attached hydrogens (tertiary/aromatic N) is 1. The van der Waals surface area contributed by atoms with Crippen molar-refractivity contribution in [2.45, 2.75) is 33.1 Å². The Labute approximate surface area is 125 Å². The van der Waals surface area contributed by atoms with Crippen LogP contribution in [0.1, 0.15) is 33.1 Å². The topological polar surface area (TPSA) is 83.6 Å². The molecule has 0 spiro atoms. The van der Waals surface area contributed by atoms with Gasteiger partial charge in [-0.2, -0.15) is 0 Å². The number of hydrogen-bond acceptors (Lipinski definition) is 3. The van der Waals surface area contributed by atoms with Gasteiger partial charge in [0.25, 0.3) is 0 Å². The van der Waals surface area contributed by atoms with E-state index in [1.807, 2.05) is 44.2 Å². The molecule has 1 aromatic carbocycles. The molecule has 0 radical (unpaired) electrons. The van der Waals surface area contributed by atoms with Crippen LogP contribution in [0.25, 0.3) is 0 Å². The number of anilines is 1. The minimum atomic E-state index is -0.921. The van der Waals surface area contributed by atoms with Crippen molar-refractivity contribution in [3.05, 3.63) is 30.3 Å². The molecule has 0 unspecified atom stereocenters. The van der Waals surface area contributed by atoms with Crippen LogP contribution in [-0.4, -0.2) is 30.1 Å². The van der Waals surface area contributed by atoms with E-state index in [-0.39, 0.29) is 25.4 Å². The van der Waals surface area contributed by atoms with Gasteiger partial charge >= 0.3 is 5.97 Å². The largest absolute Gasteiger partial charge is 0.481 e. The zero-order valence-corrected chi connectivity index (χ0v) is 12.7. The standard InChI is InChI=1S/C16H24N2O3/c1-3-16(4-2,12-17)15(21)18(11-10-14(19)20)13-8-6-5-7-9-13/h5-9H,3-4,10-12,17H2,1-2H3,(H,19,20). The lowest BCUT2D eigenvalue weighted by Crippen LogP contribution is -2.48. The molecule has 0 heterocycles. The van der Waals surface area contributed by atoms with Gasteiger partial charge in [-0.25, -0.2) is 0 Å². The van der Waals surface area contributed by atoms with Crippen molar-refractivity contribution in [3.8, 4) is 0 Å². The van der Waals surface area contributed by atoms with E-state index in [4.69, 9.17) is 10.8 Å². The van der Waals surface area contributed by atoms with E-state index in [1.54, 1.807) is 4.90 Å². The van der Waals surface area contributed by atoms with Crippen molar-refractivity contribution in [2.75, 3.05) is 18.0 Å². The minimum absolute atomic E-state index is 0.0886. The van der Waals surface area contributed by atoms with Crippen LogP contribution in [0.3, 0.4) is 0 Å². The summed E-state index contributed by atoms with van der Waals surface area (Å²) in [5, 5.41) is 8.90. The number of nitrogens with two attached hydrogens (primary N) is 1. The highest BCUT2D eigenvalue weighted by Crippen LogP contribution is 2.30. The maximum Gasteiger partial charge on any atom is 0.305 e. The summed E-state index contributed by atoms with van der Waals surface area (Å²) < 4.78 is 0. The fourth-order valence-corrected chi connectivity index (χ4v) is 2.38. The number of rotatable bonds is 8. The average Bonchev–Trinajstić information content (AvgIpc) is 2.50. The van der Waals surface area contributed by atoms with Crippen LogP contribution in [0.15, 0.2) is 30.3 Å². The highest BCUT2D eigenvalue weighted by Gasteiger charge is 2.37. The highest BCUT2D eigenvalue weighted by molar-refractivity contribution is 5.98. The van der Waals surface area contributed by atoms with E-state index < -0.39 is 11.4 Å². The van der Waals surface area contributed by atoms with Gasteiger partial charge in [0.1, 0.15) is 0 Å². The fraction of sp³-hybridized carbons (Fsp3) is 0.500. The monoisotopic (exact) mass is 292 g/mol. The maximum atomic E-state index is 12.9. The van der Waals surface area contributed by atoms with E-state index >= 15 is 0 Å². The van der Waals surface area contributed by atoms with Gasteiger partial charge in [-0.1, -0.05) is 32.0 Å². The van der Waals surface area contributed by atoms with Crippen LogP contribution >= 0.6 is 0 Å². The van der Waals surface area contributed by atoms with Crippen LogP contribution in [0.4, 0.5) is 5.69 Å². The third kappa shape index (κ3) is 4.04. The number of para-hydroxylation sites is 1. The summed E-state index contributed by atoms with van der Waals surface area (Å²) in [6.07, 6.45) is 1.18. The van der Waals surface area contributed by atoms with Gasteiger partial charge in [0.05, 0.1) is 11.8 Å². The lowest BCUT2D eigenvalue weighted by molar-refractivity contribution is -0.136. The van der Waals surface area contributed by atoms with E-state index in [2.05, 4.69) is 0 Å². The van der Waals surface area contributed by atoms with Crippen LogP contribution in [0.5, 0.6) is 0 Å². The van der Waals surface area contributed by atoms with Crippen LogP contribution in [0, 0.1) is 5.41 Å². The number of carbonyl (C=O) groups is 2. The Bertz CT molecular complexity index is 461. The molecule has 0 bridgehead atoms. The summed E-state index contributed by atoms with van der Waals surface area (Å²) in [7, 11) is 0. The first-order valence-electron chi connectivity index (χ1n) is 7.29. The lowest BCUT2D eigenvalue weighted by Gasteiger charge is -2.35. The number of carbonyl (C=O) groups excluding carboxylic acids is 1. The summed E-state index contributed by atoms with van der Waals surface area (Å²) in [4.78, 5) is 25.3. The Morgan fingerprint density at radius 1 is 1.19 bits per heavy atom. The zero-order chi connectivity index (χ0) is 15.9. The van der Waals surface area contributed by atoms with Gasteiger partial charge in [0, 0.05) is 18.8 Å². The molecular formula is C16H24N2O3. The number of hydrogen-bond donors (Lipinski definition) is 2. The Balaban J connectivity index is 3.11. The smallest absolute Gasteiger partial charge is 0.305 e. The number of aliphatic carboxylic acids is 1. The predicted octanol–water partition coefficient (Wildman–Crippen LogP) is 2.26. The highest BCUT2D eigenvalue weighted by atomic mass is 16.4. The summed E-state index contributed by atoms with van der Waals surface area (Å²) in [6, 6.07) is 9.15. The van der Waals surface area contributed by atoms with Crippen molar-refractivity contribution in [1.82, 2.24) is 0 Å². The fourth-order valence-electron chi connectivity index (χ4n) is 2.38. The van der Waals surface area contributed by atoms with Crippen molar-refractivity contribution in [1.29, 1.82) is 0 Å². The first kappa shape index (κ1) is 17.2. The summed E-state index contributed by atoms with van der Waals surface area (Å²) in [5.74, 6) is -1.02. The molecule has 1 amide bonds. The molecule has 0 atom stereocenters. The molecule has 0 saturated carbocycles. The molecule has 3 N–H and O–H groups in total. The van der Waals surface area contributed by atoms with Crippen molar-refractivity contribution in [3.63, 3.8) is 0 Å². The first-order chi connectivity index (χ1) is 10.0.